The molecular weight excluding hydrogens is 362 g/mol. The lowest BCUT2D eigenvalue weighted by atomic mass is 10.2. The molecule has 9 heteroatoms. The van der Waals surface area contributed by atoms with Gasteiger partial charge in [0.2, 0.25) is 5.82 Å². The highest BCUT2D eigenvalue weighted by molar-refractivity contribution is 5.96. The maximum absolute atomic E-state index is 13.3. The largest absolute Gasteiger partial charge is 0.449 e. The lowest BCUT2D eigenvalue weighted by Crippen LogP contribution is -2.29. The number of carbonyl (C=O) groups excluding carboxylic acids is 2. The number of amides is 1. The van der Waals surface area contributed by atoms with E-state index in [0.717, 1.165) is 24.3 Å². The average molecular weight is 376 g/mol. The summed E-state index contributed by atoms with van der Waals surface area (Å²) in [5.41, 5.74) is -0.249. The van der Waals surface area contributed by atoms with E-state index in [9.17, 15) is 28.5 Å². The molecule has 2 aromatic rings. The number of halogens is 2. The normalized spacial score (nSPS) is 11.8. The predicted octanol–water partition coefficient (Wildman–Crippen LogP) is 3.46. The molecule has 0 aliphatic carbocycles. The highest BCUT2D eigenvalue weighted by Crippen LogP contribution is 2.21. The number of anilines is 1. The number of carbonyl (C=O) groups is 2. The van der Waals surface area contributed by atoms with Gasteiger partial charge in [-0.25, -0.2) is 9.18 Å². The second kappa shape index (κ2) is 8.65. The first kappa shape index (κ1) is 19.7. The molecule has 0 saturated heterocycles. The van der Waals surface area contributed by atoms with Gasteiger partial charge >= 0.3 is 11.7 Å². The van der Waals surface area contributed by atoms with Crippen molar-refractivity contribution < 1.29 is 28.0 Å². The Morgan fingerprint density at radius 1 is 1.19 bits per heavy atom. The number of hydrogen-bond acceptors (Lipinski definition) is 5. The molecule has 1 N–H and O–H groups in total. The zero-order valence-electron chi connectivity index (χ0n) is 14.0. The predicted molar refractivity (Wildman–Crippen MR) is 92.7 cm³/mol. The number of nitrogens with one attached hydrogen (secondary N) is 1. The zero-order chi connectivity index (χ0) is 20.0. The highest BCUT2D eigenvalue weighted by Gasteiger charge is 2.19. The van der Waals surface area contributed by atoms with Crippen LogP contribution in [0.2, 0.25) is 0 Å². The van der Waals surface area contributed by atoms with Crippen molar-refractivity contribution in [3.63, 3.8) is 0 Å². The van der Waals surface area contributed by atoms with Crippen molar-refractivity contribution in [3.05, 3.63) is 75.9 Å². The molecule has 0 spiro atoms. The van der Waals surface area contributed by atoms with Crippen LogP contribution < -0.4 is 5.32 Å². The number of rotatable bonds is 6. The van der Waals surface area contributed by atoms with Crippen LogP contribution in [0.1, 0.15) is 12.5 Å². The van der Waals surface area contributed by atoms with E-state index in [2.05, 4.69) is 5.32 Å². The van der Waals surface area contributed by atoms with Crippen LogP contribution in [0.15, 0.2) is 48.5 Å². The highest BCUT2D eigenvalue weighted by atomic mass is 19.1. The minimum absolute atomic E-state index is 0.0159. The van der Waals surface area contributed by atoms with Gasteiger partial charge in [-0.3, -0.25) is 14.9 Å². The van der Waals surface area contributed by atoms with Gasteiger partial charge in [0.15, 0.2) is 6.10 Å². The maximum atomic E-state index is 13.3. The van der Waals surface area contributed by atoms with Gasteiger partial charge < -0.3 is 10.1 Å². The standard InChI is InChI=1S/C18H14F2N2O5/c1-11(27-17(23)9-4-12-2-5-13(19)6-3-12)18(24)21-14-7-8-15(20)16(10-14)22(25)26/h2-11H,1H3,(H,21,24)/b9-4+/t11-/m1/s1. The second-order valence-corrected chi connectivity index (χ2v) is 5.38. The van der Waals surface area contributed by atoms with Crippen LogP contribution in [0.25, 0.3) is 6.08 Å². The van der Waals surface area contributed by atoms with E-state index in [-0.39, 0.29) is 5.69 Å². The molecule has 0 saturated carbocycles. The fourth-order valence-corrected chi connectivity index (χ4v) is 1.98. The Morgan fingerprint density at radius 3 is 2.48 bits per heavy atom. The van der Waals surface area contributed by atoms with Crippen molar-refractivity contribution in [3.8, 4) is 0 Å². The van der Waals surface area contributed by atoms with Gasteiger partial charge in [0, 0.05) is 17.8 Å². The first-order valence-corrected chi connectivity index (χ1v) is 7.65. The third-order valence-corrected chi connectivity index (χ3v) is 3.35. The van der Waals surface area contributed by atoms with Crippen molar-refractivity contribution >= 4 is 29.3 Å². The molecule has 0 heterocycles. The molecule has 1 amide bonds. The summed E-state index contributed by atoms with van der Waals surface area (Å²) in [4.78, 5) is 33.5. The number of nitro groups is 1. The van der Waals surface area contributed by atoms with Crippen LogP contribution in [0.4, 0.5) is 20.2 Å². The van der Waals surface area contributed by atoms with Gasteiger partial charge in [0.05, 0.1) is 4.92 Å². The number of nitro benzene ring substituents is 1. The third kappa shape index (κ3) is 5.70. The fourth-order valence-electron chi connectivity index (χ4n) is 1.98. The van der Waals surface area contributed by atoms with Crippen LogP contribution in [0, 0.1) is 21.7 Å². The molecule has 1 atom stereocenters. The number of benzene rings is 2. The quantitative estimate of drug-likeness (QED) is 0.360. The number of hydrogen-bond donors (Lipinski definition) is 1. The van der Waals surface area contributed by atoms with E-state index in [4.69, 9.17) is 4.74 Å². The lowest BCUT2D eigenvalue weighted by Gasteiger charge is -2.12. The summed E-state index contributed by atoms with van der Waals surface area (Å²) in [7, 11) is 0. The van der Waals surface area contributed by atoms with E-state index >= 15 is 0 Å². The minimum atomic E-state index is -1.21. The summed E-state index contributed by atoms with van der Waals surface area (Å²) in [5.74, 6) is -3.02. The SMILES string of the molecule is C[C@@H](OC(=O)/C=C/c1ccc(F)cc1)C(=O)Nc1ccc(F)c([N+](=O)[O-])c1. The van der Waals surface area contributed by atoms with Gasteiger partial charge in [-0.15, -0.1) is 0 Å². The van der Waals surface area contributed by atoms with E-state index < -0.39 is 40.2 Å². The molecule has 7 nitrogen and oxygen atoms in total. The van der Waals surface area contributed by atoms with E-state index in [1.165, 1.54) is 37.3 Å². The van der Waals surface area contributed by atoms with Gasteiger partial charge in [0.25, 0.3) is 5.91 Å². The van der Waals surface area contributed by atoms with Crippen molar-refractivity contribution in [1.82, 2.24) is 0 Å². The second-order valence-electron chi connectivity index (χ2n) is 5.38. The van der Waals surface area contributed by atoms with E-state index in [1.807, 2.05) is 0 Å². The summed E-state index contributed by atoms with van der Waals surface area (Å²) < 4.78 is 31.0. The Kier molecular flexibility index (Phi) is 6.32. The summed E-state index contributed by atoms with van der Waals surface area (Å²) in [5, 5.41) is 13.0. The first-order valence-electron chi connectivity index (χ1n) is 7.65. The van der Waals surface area contributed by atoms with Gasteiger partial charge in [-0.2, -0.15) is 4.39 Å². The molecule has 0 bridgehead atoms. The van der Waals surface area contributed by atoms with Crippen molar-refractivity contribution in [2.75, 3.05) is 5.32 Å². The van der Waals surface area contributed by atoms with Crippen LogP contribution in [-0.4, -0.2) is 22.9 Å². The zero-order valence-corrected chi connectivity index (χ0v) is 14.0. The molecule has 2 rings (SSSR count). The van der Waals surface area contributed by atoms with Gasteiger partial charge in [0.1, 0.15) is 5.82 Å². The van der Waals surface area contributed by atoms with Gasteiger partial charge in [-0.05, 0) is 42.8 Å². The Balaban J connectivity index is 1.95. The Hall–Kier alpha value is -3.62. The maximum Gasteiger partial charge on any atom is 0.331 e. The van der Waals surface area contributed by atoms with Crippen molar-refractivity contribution in [1.29, 1.82) is 0 Å². The monoisotopic (exact) mass is 376 g/mol. The fraction of sp³-hybridized carbons (Fsp3) is 0.111. The number of nitrogens with zero attached hydrogens (tertiary/aromatic N) is 1. The van der Waals surface area contributed by atoms with Crippen molar-refractivity contribution in [2.45, 2.75) is 13.0 Å². The van der Waals surface area contributed by atoms with Crippen LogP contribution in [-0.2, 0) is 14.3 Å². The smallest absolute Gasteiger partial charge is 0.331 e. The molecule has 0 unspecified atom stereocenters. The lowest BCUT2D eigenvalue weighted by molar-refractivity contribution is -0.387. The number of esters is 1. The summed E-state index contributed by atoms with van der Waals surface area (Å²) in [6, 6.07) is 8.20. The molecule has 0 radical (unpaired) electrons. The van der Waals surface area contributed by atoms with E-state index in [1.54, 1.807) is 0 Å². The minimum Gasteiger partial charge on any atom is -0.449 e. The van der Waals surface area contributed by atoms with Crippen LogP contribution >= 0.6 is 0 Å². The Labute approximate surface area is 152 Å². The number of ether oxygens (including phenoxy) is 1. The Bertz CT molecular complexity index is 897. The molecule has 0 aliphatic heterocycles. The summed E-state index contributed by atoms with van der Waals surface area (Å²) in [6.45, 7) is 1.30. The van der Waals surface area contributed by atoms with Gasteiger partial charge in [-0.1, -0.05) is 12.1 Å². The van der Waals surface area contributed by atoms with Crippen LogP contribution in [0.3, 0.4) is 0 Å². The molecule has 2 aromatic carbocycles. The summed E-state index contributed by atoms with van der Waals surface area (Å²) >= 11 is 0. The molecule has 0 fully saturated rings. The molecule has 0 aromatic heterocycles. The molecule has 140 valence electrons. The molecule has 27 heavy (non-hydrogen) atoms. The molecular formula is C18H14F2N2O5. The first-order chi connectivity index (χ1) is 12.8. The van der Waals surface area contributed by atoms with Crippen LogP contribution in [0.5, 0.6) is 0 Å². The third-order valence-electron chi connectivity index (χ3n) is 3.35. The topological polar surface area (TPSA) is 98.5 Å². The van der Waals surface area contributed by atoms with E-state index in [0.29, 0.717) is 5.56 Å². The summed E-state index contributed by atoms with van der Waals surface area (Å²) in [6.07, 6.45) is 1.25. The Morgan fingerprint density at radius 2 is 1.85 bits per heavy atom. The average Bonchev–Trinajstić information content (AvgIpc) is 2.62. The molecule has 0 aliphatic rings. The van der Waals surface area contributed by atoms with Crippen molar-refractivity contribution in [2.24, 2.45) is 0 Å².